The zero-order valence-corrected chi connectivity index (χ0v) is 14.8. The second-order valence-electron chi connectivity index (χ2n) is 6.37. The molecule has 1 aliphatic heterocycles. The van der Waals surface area contributed by atoms with Crippen molar-refractivity contribution in [2.24, 2.45) is 0 Å². The van der Waals surface area contributed by atoms with Crippen molar-refractivity contribution < 1.29 is 8.42 Å². The van der Waals surface area contributed by atoms with Crippen molar-refractivity contribution >= 4 is 15.7 Å². The Labute approximate surface area is 148 Å². The van der Waals surface area contributed by atoms with E-state index < -0.39 is 10.0 Å². The zero-order chi connectivity index (χ0) is 17.4. The Bertz CT molecular complexity index is 996. The van der Waals surface area contributed by atoms with Gasteiger partial charge in [-0.05, 0) is 36.2 Å². The van der Waals surface area contributed by atoms with Gasteiger partial charge in [-0.1, -0.05) is 66.2 Å². The quantitative estimate of drug-likeness (QED) is 0.699. The van der Waals surface area contributed by atoms with Gasteiger partial charge < -0.3 is 0 Å². The Hall–Kier alpha value is -2.59. The van der Waals surface area contributed by atoms with Crippen molar-refractivity contribution in [3.05, 3.63) is 95.6 Å². The van der Waals surface area contributed by atoms with Crippen molar-refractivity contribution in [2.75, 3.05) is 4.31 Å². The Kier molecular flexibility index (Phi) is 3.85. The minimum atomic E-state index is -3.63. The van der Waals surface area contributed by atoms with Crippen LogP contribution in [0.1, 0.15) is 22.7 Å². The average Bonchev–Trinajstić information content (AvgIpc) is 3.03. The van der Waals surface area contributed by atoms with Gasteiger partial charge in [0, 0.05) is 6.42 Å². The monoisotopic (exact) mass is 349 g/mol. The summed E-state index contributed by atoms with van der Waals surface area (Å²) in [7, 11) is -3.63. The number of para-hydroxylation sites is 1. The lowest BCUT2D eigenvalue weighted by Gasteiger charge is -2.27. The third-order valence-electron chi connectivity index (χ3n) is 4.69. The number of sulfonamides is 1. The molecule has 0 aromatic heterocycles. The van der Waals surface area contributed by atoms with Crippen LogP contribution in [0.15, 0.2) is 83.8 Å². The predicted octanol–water partition coefficient (Wildman–Crippen LogP) is 4.49. The molecule has 1 atom stereocenters. The highest BCUT2D eigenvalue weighted by Crippen LogP contribution is 2.43. The van der Waals surface area contributed by atoms with E-state index in [0.29, 0.717) is 11.3 Å². The van der Waals surface area contributed by atoms with Gasteiger partial charge in [0.2, 0.25) is 0 Å². The van der Waals surface area contributed by atoms with E-state index in [9.17, 15) is 8.42 Å². The molecule has 3 aromatic carbocycles. The highest BCUT2D eigenvalue weighted by Gasteiger charge is 2.38. The number of hydrogen-bond acceptors (Lipinski definition) is 2. The standard InChI is InChI=1S/C21H19NO2S/c1-16-11-13-19(14-12-16)25(23,24)22-20-10-6-5-9-18(20)15-21(22)17-7-3-2-4-8-17/h2-14,21H,15H2,1H3. The minimum absolute atomic E-state index is 0.218. The van der Waals surface area contributed by atoms with E-state index in [0.717, 1.165) is 22.4 Å². The molecule has 1 heterocycles. The lowest BCUT2D eigenvalue weighted by atomic mass is 10.0. The number of benzene rings is 3. The van der Waals surface area contributed by atoms with E-state index in [1.54, 1.807) is 16.4 Å². The maximum Gasteiger partial charge on any atom is 0.264 e. The Morgan fingerprint density at radius 2 is 1.48 bits per heavy atom. The molecule has 4 heteroatoms. The van der Waals surface area contributed by atoms with Crippen LogP contribution in [-0.4, -0.2) is 8.42 Å². The first-order valence-electron chi connectivity index (χ1n) is 8.31. The van der Waals surface area contributed by atoms with E-state index in [4.69, 9.17) is 0 Å². The lowest BCUT2D eigenvalue weighted by molar-refractivity contribution is 0.582. The van der Waals surface area contributed by atoms with Crippen molar-refractivity contribution in [1.82, 2.24) is 0 Å². The summed E-state index contributed by atoms with van der Waals surface area (Å²) < 4.78 is 28.4. The molecule has 0 saturated carbocycles. The summed E-state index contributed by atoms with van der Waals surface area (Å²) >= 11 is 0. The lowest BCUT2D eigenvalue weighted by Crippen LogP contribution is -2.32. The first-order valence-corrected chi connectivity index (χ1v) is 9.75. The molecule has 0 spiro atoms. The third-order valence-corrected chi connectivity index (χ3v) is 6.52. The summed E-state index contributed by atoms with van der Waals surface area (Å²) in [6, 6.07) is 24.4. The molecule has 0 aliphatic carbocycles. The SMILES string of the molecule is Cc1ccc(S(=O)(=O)N2c3ccccc3CC2c2ccccc2)cc1. The molecule has 0 bridgehead atoms. The van der Waals surface area contributed by atoms with Crippen LogP contribution < -0.4 is 4.31 Å². The normalized spacial score (nSPS) is 16.7. The highest BCUT2D eigenvalue weighted by molar-refractivity contribution is 7.92. The van der Waals surface area contributed by atoms with Crippen LogP contribution in [0.5, 0.6) is 0 Å². The van der Waals surface area contributed by atoms with Crippen LogP contribution in [0.25, 0.3) is 0 Å². The molecule has 1 unspecified atom stereocenters. The molecule has 4 rings (SSSR count). The molecule has 0 saturated heterocycles. The molecule has 1 aliphatic rings. The van der Waals surface area contributed by atoms with Gasteiger partial charge in [-0.15, -0.1) is 0 Å². The molecule has 0 radical (unpaired) electrons. The molecular weight excluding hydrogens is 330 g/mol. The number of nitrogens with zero attached hydrogens (tertiary/aromatic N) is 1. The first-order chi connectivity index (χ1) is 12.1. The van der Waals surface area contributed by atoms with Crippen molar-refractivity contribution in [2.45, 2.75) is 24.3 Å². The van der Waals surface area contributed by atoms with E-state index in [-0.39, 0.29) is 6.04 Å². The summed E-state index contributed by atoms with van der Waals surface area (Å²) in [6.45, 7) is 1.95. The summed E-state index contributed by atoms with van der Waals surface area (Å²) in [5.74, 6) is 0. The van der Waals surface area contributed by atoms with Crippen LogP contribution in [-0.2, 0) is 16.4 Å². The van der Waals surface area contributed by atoms with Crippen LogP contribution in [0.3, 0.4) is 0 Å². The largest absolute Gasteiger partial charge is 0.264 e. The fourth-order valence-corrected chi connectivity index (χ4v) is 5.08. The fraction of sp³-hybridized carbons (Fsp3) is 0.143. The van der Waals surface area contributed by atoms with Crippen molar-refractivity contribution in [1.29, 1.82) is 0 Å². The predicted molar refractivity (Wildman–Crippen MR) is 100 cm³/mol. The zero-order valence-electron chi connectivity index (χ0n) is 14.0. The van der Waals surface area contributed by atoms with Crippen molar-refractivity contribution in [3.8, 4) is 0 Å². The number of aryl methyl sites for hydroxylation is 1. The first kappa shape index (κ1) is 15.9. The van der Waals surface area contributed by atoms with Crippen LogP contribution in [0, 0.1) is 6.92 Å². The fourth-order valence-electron chi connectivity index (χ4n) is 3.41. The Balaban J connectivity index is 1.87. The summed E-state index contributed by atoms with van der Waals surface area (Å²) in [4.78, 5) is 0.329. The molecule has 3 aromatic rings. The number of fused-ring (bicyclic) bond motifs is 1. The number of hydrogen-bond donors (Lipinski definition) is 0. The Morgan fingerprint density at radius 1 is 0.840 bits per heavy atom. The van der Waals surface area contributed by atoms with Crippen LogP contribution in [0.4, 0.5) is 5.69 Å². The summed E-state index contributed by atoms with van der Waals surface area (Å²) in [6.07, 6.45) is 0.686. The molecular formula is C21H19NO2S. The van der Waals surface area contributed by atoms with Crippen molar-refractivity contribution in [3.63, 3.8) is 0 Å². The van der Waals surface area contributed by atoms with Gasteiger partial charge in [0.15, 0.2) is 0 Å². The molecule has 0 amide bonds. The maximum atomic E-state index is 13.4. The molecule has 0 fully saturated rings. The summed E-state index contributed by atoms with van der Waals surface area (Å²) in [5, 5.41) is 0. The smallest absolute Gasteiger partial charge is 0.258 e. The van der Waals surface area contributed by atoms with Gasteiger partial charge in [-0.3, -0.25) is 4.31 Å². The Morgan fingerprint density at radius 3 is 2.20 bits per heavy atom. The minimum Gasteiger partial charge on any atom is -0.258 e. The maximum absolute atomic E-state index is 13.4. The third kappa shape index (κ3) is 2.72. The second-order valence-corrected chi connectivity index (χ2v) is 8.19. The number of rotatable bonds is 3. The van der Waals surface area contributed by atoms with Gasteiger partial charge in [-0.2, -0.15) is 0 Å². The highest BCUT2D eigenvalue weighted by atomic mass is 32.2. The number of anilines is 1. The van der Waals surface area contributed by atoms with Gasteiger partial charge >= 0.3 is 0 Å². The molecule has 0 N–H and O–H groups in total. The van der Waals surface area contributed by atoms with Gasteiger partial charge in [0.25, 0.3) is 10.0 Å². The van der Waals surface area contributed by atoms with E-state index in [1.165, 1.54) is 0 Å². The second kappa shape index (κ2) is 6.05. The molecule has 126 valence electrons. The van der Waals surface area contributed by atoms with Gasteiger partial charge in [0.05, 0.1) is 16.6 Å². The summed E-state index contributed by atoms with van der Waals surface area (Å²) in [5.41, 5.74) is 3.89. The van der Waals surface area contributed by atoms with E-state index in [1.807, 2.05) is 73.7 Å². The van der Waals surface area contributed by atoms with E-state index >= 15 is 0 Å². The van der Waals surface area contributed by atoms with Gasteiger partial charge in [-0.25, -0.2) is 8.42 Å². The molecule has 3 nitrogen and oxygen atoms in total. The van der Waals surface area contributed by atoms with E-state index in [2.05, 4.69) is 0 Å². The topological polar surface area (TPSA) is 37.4 Å². The molecule has 25 heavy (non-hydrogen) atoms. The van der Waals surface area contributed by atoms with Crippen LogP contribution >= 0.6 is 0 Å². The van der Waals surface area contributed by atoms with Gasteiger partial charge in [0.1, 0.15) is 0 Å². The average molecular weight is 349 g/mol. The van der Waals surface area contributed by atoms with Crippen LogP contribution in [0.2, 0.25) is 0 Å².